The molecule has 1 N–H and O–H groups in total. The minimum Gasteiger partial charge on any atom is -0.383 e. The first-order chi connectivity index (χ1) is 8.40. The number of benzene rings is 1. The third-order valence-corrected chi connectivity index (χ3v) is 4.60. The lowest BCUT2D eigenvalue weighted by Crippen LogP contribution is -2.37. The molecule has 0 heterocycles. The fourth-order valence-corrected chi connectivity index (χ4v) is 3.47. The van der Waals surface area contributed by atoms with E-state index in [1.54, 1.807) is 0 Å². The lowest BCUT2D eigenvalue weighted by atomic mass is 10.3. The zero-order valence-corrected chi connectivity index (χ0v) is 12.4. The van der Waals surface area contributed by atoms with Crippen molar-refractivity contribution in [2.45, 2.75) is 24.3 Å². The van der Waals surface area contributed by atoms with Gasteiger partial charge in [0.05, 0.1) is 11.6 Å². The summed E-state index contributed by atoms with van der Waals surface area (Å²) in [4.78, 5) is -0.0220. The van der Waals surface area contributed by atoms with E-state index in [4.69, 9.17) is 27.9 Å². The molecule has 0 spiro atoms. The third kappa shape index (κ3) is 4.10. The second kappa shape index (κ2) is 6.73. The van der Waals surface area contributed by atoms with E-state index in [-0.39, 0.29) is 16.0 Å². The Morgan fingerprint density at radius 3 is 2.61 bits per heavy atom. The Bertz CT molecular complexity index is 505. The van der Waals surface area contributed by atoms with Crippen LogP contribution in [0.1, 0.15) is 13.3 Å². The number of methoxy groups -OCH3 is 1. The third-order valence-electron chi connectivity index (χ3n) is 2.37. The van der Waals surface area contributed by atoms with Crippen LogP contribution in [0.15, 0.2) is 23.1 Å². The maximum Gasteiger partial charge on any atom is 0.242 e. The molecule has 0 saturated carbocycles. The predicted octanol–water partition coefficient (Wildman–Crippen LogP) is 2.70. The molecule has 0 bridgehead atoms. The van der Waals surface area contributed by atoms with Crippen LogP contribution in [0.25, 0.3) is 0 Å². The van der Waals surface area contributed by atoms with Crippen LogP contribution in [0.4, 0.5) is 0 Å². The van der Waals surface area contributed by atoms with Gasteiger partial charge >= 0.3 is 0 Å². The number of nitrogens with one attached hydrogen (secondary N) is 1. The van der Waals surface area contributed by atoms with Crippen LogP contribution in [0.3, 0.4) is 0 Å². The molecule has 0 fully saturated rings. The standard InChI is InChI=1S/C11H15Cl2NO3S/c1-3-9(7-17-2)14-18(15,16)11-6-8(12)4-5-10(11)13/h4-6,9,14H,3,7H2,1-2H3. The Labute approximate surface area is 117 Å². The smallest absolute Gasteiger partial charge is 0.242 e. The van der Waals surface area contributed by atoms with E-state index in [9.17, 15) is 8.42 Å². The largest absolute Gasteiger partial charge is 0.383 e. The minimum absolute atomic E-state index is 0.0220. The van der Waals surface area contributed by atoms with E-state index in [2.05, 4.69) is 4.72 Å². The number of hydrogen-bond acceptors (Lipinski definition) is 3. The summed E-state index contributed by atoms with van der Waals surface area (Å²) in [6.45, 7) is 2.17. The summed E-state index contributed by atoms with van der Waals surface area (Å²) in [7, 11) is -2.18. The normalized spacial score (nSPS) is 13.6. The van der Waals surface area contributed by atoms with Gasteiger partial charge < -0.3 is 4.74 Å². The van der Waals surface area contributed by atoms with Gasteiger partial charge in [0.2, 0.25) is 10.0 Å². The first kappa shape index (κ1) is 15.7. The number of halogens is 2. The van der Waals surface area contributed by atoms with Crippen molar-refractivity contribution in [3.05, 3.63) is 28.2 Å². The van der Waals surface area contributed by atoms with E-state index in [0.717, 1.165) is 0 Å². The number of ether oxygens (including phenoxy) is 1. The Kier molecular flexibility index (Phi) is 5.88. The highest BCUT2D eigenvalue weighted by atomic mass is 35.5. The van der Waals surface area contributed by atoms with Gasteiger partial charge in [0, 0.05) is 18.2 Å². The van der Waals surface area contributed by atoms with Crippen molar-refractivity contribution in [1.29, 1.82) is 0 Å². The van der Waals surface area contributed by atoms with Crippen molar-refractivity contribution in [2.75, 3.05) is 13.7 Å². The highest BCUT2D eigenvalue weighted by Crippen LogP contribution is 2.25. The lowest BCUT2D eigenvalue weighted by Gasteiger charge is -2.16. The van der Waals surface area contributed by atoms with Gasteiger partial charge in [-0.1, -0.05) is 30.1 Å². The Hall–Kier alpha value is -0.330. The van der Waals surface area contributed by atoms with E-state index in [0.29, 0.717) is 18.1 Å². The molecule has 0 radical (unpaired) electrons. The van der Waals surface area contributed by atoms with E-state index >= 15 is 0 Å². The summed E-state index contributed by atoms with van der Waals surface area (Å²) in [6.07, 6.45) is 0.616. The molecule has 102 valence electrons. The highest BCUT2D eigenvalue weighted by molar-refractivity contribution is 7.89. The molecular weight excluding hydrogens is 297 g/mol. The first-order valence-corrected chi connectivity index (χ1v) is 7.61. The topological polar surface area (TPSA) is 55.4 Å². The quantitative estimate of drug-likeness (QED) is 0.878. The fourth-order valence-electron chi connectivity index (χ4n) is 1.40. The molecule has 4 nitrogen and oxygen atoms in total. The molecule has 1 aromatic carbocycles. The molecule has 0 amide bonds. The molecule has 0 aliphatic rings. The maximum atomic E-state index is 12.1. The van der Waals surface area contributed by atoms with Gasteiger partial charge in [-0.2, -0.15) is 0 Å². The second-order valence-corrected chi connectivity index (χ2v) is 6.28. The number of hydrogen-bond donors (Lipinski definition) is 1. The predicted molar refractivity (Wildman–Crippen MR) is 72.7 cm³/mol. The van der Waals surface area contributed by atoms with Crippen molar-refractivity contribution in [2.24, 2.45) is 0 Å². The van der Waals surface area contributed by atoms with Crippen molar-refractivity contribution >= 4 is 33.2 Å². The second-order valence-electron chi connectivity index (χ2n) is 3.76. The van der Waals surface area contributed by atoms with E-state index in [1.807, 2.05) is 6.92 Å². The van der Waals surface area contributed by atoms with Gasteiger partial charge in [0.25, 0.3) is 0 Å². The molecule has 1 atom stereocenters. The van der Waals surface area contributed by atoms with Crippen LogP contribution in [0, 0.1) is 0 Å². The highest BCUT2D eigenvalue weighted by Gasteiger charge is 2.21. The molecule has 7 heteroatoms. The molecule has 0 saturated heterocycles. The van der Waals surface area contributed by atoms with Crippen LogP contribution in [-0.2, 0) is 14.8 Å². The molecule has 1 aromatic rings. The van der Waals surface area contributed by atoms with Crippen molar-refractivity contribution in [1.82, 2.24) is 4.72 Å². The van der Waals surface area contributed by atoms with Crippen LogP contribution < -0.4 is 4.72 Å². The zero-order chi connectivity index (χ0) is 13.8. The van der Waals surface area contributed by atoms with Gasteiger partial charge in [-0.15, -0.1) is 0 Å². The van der Waals surface area contributed by atoms with E-state index < -0.39 is 10.0 Å². The molecular formula is C11H15Cl2NO3S. The average Bonchev–Trinajstić information content (AvgIpc) is 2.31. The monoisotopic (exact) mass is 311 g/mol. The number of rotatable bonds is 6. The van der Waals surface area contributed by atoms with Gasteiger partial charge in [-0.05, 0) is 24.6 Å². The van der Waals surface area contributed by atoms with Gasteiger partial charge in [-0.25, -0.2) is 13.1 Å². The van der Waals surface area contributed by atoms with Gasteiger partial charge in [0.1, 0.15) is 4.90 Å². The first-order valence-electron chi connectivity index (χ1n) is 5.37. The molecule has 1 unspecified atom stereocenters. The van der Waals surface area contributed by atoms with Crippen LogP contribution >= 0.6 is 23.2 Å². The maximum absolute atomic E-state index is 12.1. The van der Waals surface area contributed by atoms with Crippen molar-refractivity contribution < 1.29 is 13.2 Å². The summed E-state index contributed by atoms with van der Waals surface area (Å²) >= 11 is 11.7. The van der Waals surface area contributed by atoms with Crippen LogP contribution in [0.5, 0.6) is 0 Å². The Balaban J connectivity index is 3.02. The van der Waals surface area contributed by atoms with Crippen molar-refractivity contribution in [3.63, 3.8) is 0 Å². The van der Waals surface area contributed by atoms with Crippen LogP contribution in [0.2, 0.25) is 10.0 Å². The van der Waals surface area contributed by atoms with Gasteiger partial charge in [-0.3, -0.25) is 0 Å². The van der Waals surface area contributed by atoms with E-state index in [1.165, 1.54) is 25.3 Å². The Morgan fingerprint density at radius 2 is 2.06 bits per heavy atom. The van der Waals surface area contributed by atoms with Crippen molar-refractivity contribution in [3.8, 4) is 0 Å². The van der Waals surface area contributed by atoms with Gasteiger partial charge in [0.15, 0.2) is 0 Å². The zero-order valence-electron chi connectivity index (χ0n) is 10.1. The SMILES string of the molecule is CCC(COC)NS(=O)(=O)c1cc(Cl)ccc1Cl. The Morgan fingerprint density at radius 1 is 1.39 bits per heavy atom. The molecule has 0 aliphatic carbocycles. The molecule has 18 heavy (non-hydrogen) atoms. The lowest BCUT2D eigenvalue weighted by molar-refractivity contribution is 0.173. The summed E-state index contributed by atoms with van der Waals surface area (Å²) in [6, 6.07) is 4.02. The summed E-state index contributed by atoms with van der Waals surface area (Å²) in [5, 5.41) is 0.457. The fraction of sp³-hybridized carbons (Fsp3) is 0.455. The minimum atomic E-state index is -3.69. The molecule has 0 aliphatic heterocycles. The molecule has 0 aromatic heterocycles. The number of sulfonamides is 1. The summed E-state index contributed by atoms with van der Waals surface area (Å²) in [5.41, 5.74) is 0. The summed E-state index contributed by atoms with van der Waals surface area (Å²) in [5.74, 6) is 0. The molecule has 1 rings (SSSR count). The summed E-state index contributed by atoms with van der Waals surface area (Å²) < 4.78 is 31.8. The van der Waals surface area contributed by atoms with Crippen LogP contribution in [-0.4, -0.2) is 28.2 Å². The average molecular weight is 312 g/mol.